The fourth-order valence-corrected chi connectivity index (χ4v) is 4.98. The summed E-state index contributed by atoms with van der Waals surface area (Å²) in [6.45, 7) is 7.86. The van der Waals surface area contributed by atoms with Gasteiger partial charge in [-0.2, -0.15) is 9.40 Å². The molecule has 0 aliphatic heterocycles. The molecule has 9 heteroatoms. The quantitative estimate of drug-likeness (QED) is 0.548. The summed E-state index contributed by atoms with van der Waals surface area (Å²) >= 11 is 0. The first kappa shape index (κ1) is 24.3. The zero-order valence-electron chi connectivity index (χ0n) is 19.1. The molecule has 0 saturated carbocycles. The Morgan fingerprint density at radius 1 is 1.06 bits per heavy atom. The first-order valence-corrected chi connectivity index (χ1v) is 12.2. The van der Waals surface area contributed by atoms with Crippen molar-refractivity contribution >= 4 is 15.9 Å². The van der Waals surface area contributed by atoms with Gasteiger partial charge in [-0.25, -0.2) is 13.1 Å². The van der Waals surface area contributed by atoms with E-state index in [0.717, 1.165) is 5.69 Å². The average molecular weight is 469 g/mol. The number of carbonyl (C=O) groups excluding carboxylic acids is 1. The van der Waals surface area contributed by atoms with Gasteiger partial charge in [0.2, 0.25) is 15.5 Å². The van der Waals surface area contributed by atoms with E-state index < -0.39 is 27.4 Å². The van der Waals surface area contributed by atoms with E-state index in [0.29, 0.717) is 24.3 Å². The molecule has 1 unspecified atom stereocenters. The van der Waals surface area contributed by atoms with Crippen LogP contribution in [-0.2, 0) is 10.0 Å². The highest BCUT2D eigenvalue weighted by Gasteiger charge is 2.22. The number of aryl methyl sites for hydroxylation is 1. The van der Waals surface area contributed by atoms with E-state index in [2.05, 4.69) is 10.4 Å². The van der Waals surface area contributed by atoms with E-state index in [1.165, 1.54) is 22.5 Å². The summed E-state index contributed by atoms with van der Waals surface area (Å²) in [7, 11) is -3.56. The number of nitrogens with zero attached hydrogens (tertiary/aromatic N) is 3. The van der Waals surface area contributed by atoms with Crippen LogP contribution in [0.15, 0.2) is 70.4 Å². The Kier molecular flexibility index (Phi) is 7.45. The predicted molar refractivity (Wildman–Crippen MR) is 127 cm³/mol. The molecule has 1 aromatic heterocycles. The summed E-state index contributed by atoms with van der Waals surface area (Å²) in [5, 5.41) is 7.06. The molecule has 0 spiro atoms. The molecule has 2 aromatic carbocycles. The van der Waals surface area contributed by atoms with E-state index in [1.54, 1.807) is 44.5 Å². The third-order valence-electron chi connectivity index (χ3n) is 5.39. The number of hydrogen-bond donors (Lipinski definition) is 1. The van der Waals surface area contributed by atoms with Crippen molar-refractivity contribution in [3.05, 3.63) is 87.8 Å². The second kappa shape index (κ2) is 10.1. The molecule has 0 aliphatic rings. The number of para-hydroxylation sites is 1. The van der Waals surface area contributed by atoms with Crippen molar-refractivity contribution in [2.24, 2.45) is 0 Å². The Balaban J connectivity index is 1.82. The fourth-order valence-electron chi connectivity index (χ4n) is 3.52. The third kappa shape index (κ3) is 5.20. The third-order valence-corrected chi connectivity index (χ3v) is 7.46. The Hall–Kier alpha value is -3.30. The molecule has 0 radical (unpaired) electrons. The zero-order chi connectivity index (χ0) is 24.2. The van der Waals surface area contributed by atoms with Crippen LogP contribution in [0.1, 0.15) is 48.6 Å². The van der Waals surface area contributed by atoms with Crippen LogP contribution in [0.5, 0.6) is 0 Å². The lowest BCUT2D eigenvalue weighted by atomic mass is 10.1. The highest BCUT2D eigenvalue weighted by molar-refractivity contribution is 7.89. The molecular weight excluding hydrogens is 440 g/mol. The SMILES string of the molecule is CCN(CC)S(=O)(=O)c1ccc(C(C)NC(=O)c2nn(-c3ccccc3)c(C)cc2=O)cc1. The van der Waals surface area contributed by atoms with Gasteiger partial charge in [-0.05, 0) is 43.7 Å². The normalized spacial score (nSPS) is 12.5. The Bertz CT molecular complexity index is 1280. The fraction of sp³-hybridized carbons (Fsp3) is 0.292. The number of amides is 1. The summed E-state index contributed by atoms with van der Waals surface area (Å²) in [5.74, 6) is -0.600. The van der Waals surface area contributed by atoms with Gasteiger partial charge in [-0.1, -0.05) is 44.2 Å². The van der Waals surface area contributed by atoms with Crippen LogP contribution in [0.25, 0.3) is 5.69 Å². The number of sulfonamides is 1. The lowest BCUT2D eigenvalue weighted by molar-refractivity contribution is 0.0931. The van der Waals surface area contributed by atoms with Gasteiger partial charge in [0.15, 0.2) is 5.69 Å². The second-order valence-electron chi connectivity index (χ2n) is 7.60. The van der Waals surface area contributed by atoms with Crippen molar-refractivity contribution in [3.63, 3.8) is 0 Å². The number of aromatic nitrogens is 2. The lowest BCUT2D eigenvalue weighted by Crippen LogP contribution is -2.33. The highest BCUT2D eigenvalue weighted by atomic mass is 32.2. The number of benzene rings is 2. The van der Waals surface area contributed by atoms with Crippen molar-refractivity contribution in [1.29, 1.82) is 0 Å². The molecule has 3 rings (SSSR count). The molecule has 0 bridgehead atoms. The van der Waals surface area contributed by atoms with Crippen molar-refractivity contribution in [3.8, 4) is 5.69 Å². The molecule has 0 saturated heterocycles. The minimum Gasteiger partial charge on any atom is -0.344 e. The van der Waals surface area contributed by atoms with Gasteiger partial charge in [0.25, 0.3) is 5.91 Å². The maximum atomic E-state index is 12.8. The topological polar surface area (TPSA) is 101 Å². The molecule has 33 heavy (non-hydrogen) atoms. The first-order valence-electron chi connectivity index (χ1n) is 10.8. The lowest BCUT2D eigenvalue weighted by Gasteiger charge is -2.19. The van der Waals surface area contributed by atoms with Crippen molar-refractivity contribution in [2.75, 3.05) is 13.1 Å². The molecule has 1 atom stereocenters. The zero-order valence-corrected chi connectivity index (χ0v) is 20.0. The van der Waals surface area contributed by atoms with Gasteiger partial charge >= 0.3 is 0 Å². The van der Waals surface area contributed by atoms with Crippen LogP contribution in [0.3, 0.4) is 0 Å². The van der Waals surface area contributed by atoms with Crippen molar-refractivity contribution in [1.82, 2.24) is 19.4 Å². The number of rotatable bonds is 8. The minimum absolute atomic E-state index is 0.194. The van der Waals surface area contributed by atoms with E-state index in [1.807, 2.05) is 30.3 Å². The van der Waals surface area contributed by atoms with Crippen LogP contribution in [0.4, 0.5) is 0 Å². The average Bonchev–Trinajstić information content (AvgIpc) is 2.80. The molecule has 1 heterocycles. The van der Waals surface area contributed by atoms with Crippen molar-refractivity contribution in [2.45, 2.75) is 38.6 Å². The van der Waals surface area contributed by atoms with Crippen LogP contribution in [0, 0.1) is 6.92 Å². The van der Waals surface area contributed by atoms with Crippen LogP contribution in [0.2, 0.25) is 0 Å². The monoisotopic (exact) mass is 468 g/mol. The Morgan fingerprint density at radius 3 is 2.24 bits per heavy atom. The Morgan fingerprint density at radius 2 is 1.67 bits per heavy atom. The van der Waals surface area contributed by atoms with Gasteiger partial charge in [0.05, 0.1) is 16.6 Å². The molecule has 0 fully saturated rings. The largest absolute Gasteiger partial charge is 0.344 e. The summed E-state index contributed by atoms with van der Waals surface area (Å²) < 4.78 is 28.3. The van der Waals surface area contributed by atoms with Gasteiger partial charge in [-0.15, -0.1) is 0 Å². The molecule has 0 aliphatic carbocycles. The number of carbonyl (C=O) groups is 1. The van der Waals surface area contributed by atoms with Gasteiger partial charge in [0, 0.05) is 24.8 Å². The first-order chi connectivity index (χ1) is 15.7. The van der Waals surface area contributed by atoms with Gasteiger partial charge < -0.3 is 5.32 Å². The smallest absolute Gasteiger partial charge is 0.276 e. The predicted octanol–water partition coefficient (Wildman–Crippen LogP) is 3.06. The second-order valence-corrected chi connectivity index (χ2v) is 9.54. The molecule has 1 N–H and O–H groups in total. The minimum atomic E-state index is -3.56. The molecule has 3 aromatic rings. The van der Waals surface area contributed by atoms with Crippen molar-refractivity contribution < 1.29 is 13.2 Å². The van der Waals surface area contributed by atoms with Crippen LogP contribution < -0.4 is 10.7 Å². The molecule has 174 valence electrons. The highest BCUT2D eigenvalue weighted by Crippen LogP contribution is 2.19. The summed E-state index contributed by atoms with van der Waals surface area (Å²) in [5.41, 5.74) is 1.38. The van der Waals surface area contributed by atoms with Crippen LogP contribution in [-0.4, -0.2) is 41.5 Å². The maximum Gasteiger partial charge on any atom is 0.276 e. The molecule has 1 amide bonds. The molecular formula is C24H28N4O4S. The van der Waals surface area contributed by atoms with E-state index in [4.69, 9.17) is 0 Å². The van der Waals surface area contributed by atoms with E-state index in [9.17, 15) is 18.0 Å². The standard InChI is InChI=1S/C24H28N4O4S/c1-5-27(6-2)33(31,32)21-14-12-19(13-15-21)18(4)25-24(30)23-22(29)16-17(3)28(26-23)20-10-8-7-9-11-20/h7-16,18H,5-6H2,1-4H3,(H,25,30). The number of nitrogens with one attached hydrogen (secondary N) is 1. The van der Waals surface area contributed by atoms with E-state index >= 15 is 0 Å². The Labute approximate surface area is 193 Å². The van der Waals surface area contributed by atoms with Crippen LogP contribution >= 0.6 is 0 Å². The summed E-state index contributed by atoms with van der Waals surface area (Å²) in [6.07, 6.45) is 0. The summed E-state index contributed by atoms with van der Waals surface area (Å²) in [6, 6.07) is 16.5. The van der Waals surface area contributed by atoms with Gasteiger partial charge in [0.1, 0.15) is 0 Å². The van der Waals surface area contributed by atoms with E-state index in [-0.39, 0.29) is 10.6 Å². The number of hydrogen-bond acceptors (Lipinski definition) is 5. The maximum absolute atomic E-state index is 12.8. The summed E-state index contributed by atoms with van der Waals surface area (Å²) in [4.78, 5) is 25.5. The van der Waals surface area contributed by atoms with Gasteiger partial charge in [-0.3, -0.25) is 9.59 Å². The molecule has 8 nitrogen and oxygen atoms in total.